The van der Waals surface area contributed by atoms with Crippen LogP contribution in [-0.2, 0) is 11.2 Å². The van der Waals surface area contributed by atoms with Crippen LogP contribution in [0.3, 0.4) is 0 Å². The van der Waals surface area contributed by atoms with Gasteiger partial charge in [-0.1, -0.05) is 29.8 Å². The van der Waals surface area contributed by atoms with Gasteiger partial charge in [-0.25, -0.2) is 0 Å². The summed E-state index contributed by atoms with van der Waals surface area (Å²) in [5.41, 5.74) is 1.01. The molecule has 0 heterocycles. The molecule has 0 radical (unpaired) electrons. The molecule has 1 rings (SSSR count). The Labute approximate surface area is 141 Å². The molecule has 118 valence electrons. The highest BCUT2D eigenvalue weighted by Gasteiger charge is 2.15. The highest BCUT2D eigenvalue weighted by atomic mass is 35.5. The third kappa shape index (κ3) is 7.45. The van der Waals surface area contributed by atoms with Crippen molar-refractivity contribution in [3.05, 3.63) is 34.9 Å². The Hall–Kier alpha value is -0.360. The topological polar surface area (TPSA) is 49.3 Å². The van der Waals surface area contributed by atoms with Crippen molar-refractivity contribution in [3.8, 4) is 0 Å². The summed E-state index contributed by atoms with van der Waals surface area (Å²) in [5.74, 6) is -0.0145. The van der Waals surface area contributed by atoms with Crippen LogP contribution in [-0.4, -0.2) is 34.5 Å². The number of amides is 1. The number of rotatable bonds is 9. The number of nitrogens with one attached hydrogen (secondary N) is 1. The Morgan fingerprint density at radius 3 is 2.81 bits per heavy atom. The maximum atomic E-state index is 12.0. The lowest BCUT2D eigenvalue weighted by Crippen LogP contribution is -2.34. The van der Waals surface area contributed by atoms with Crippen molar-refractivity contribution >= 4 is 41.9 Å². The van der Waals surface area contributed by atoms with E-state index in [1.807, 2.05) is 30.5 Å². The summed E-state index contributed by atoms with van der Waals surface area (Å²) >= 11 is 12.2. The highest BCUT2D eigenvalue weighted by molar-refractivity contribution is 7.99. The summed E-state index contributed by atoms with van der Waals surface area (Å²) in [5, 5.41) is 12.5. The molecule has 0 aromatic heterocycles. The molecule has 0 spiro atoms. The van der Waals surface area contributed by atoms with E-state index in [2.05, 4.69) is 17.9 Å². The smallest absolute Gasteiger partial charge is 0.221 e. The van der Waals surface area contributed by atoms with E-state index >= 15 is 0 Å². The summed E-state index contributed by atoms with van der Waals surface area (Å²) in [7, 11) is 0. The maximum Gasteiger partial charge on any atom is 0.221 e. The summed E-state index contributed by atoms with van der Waals surface area (Å²) in [6, 6.07) is 7.61. The van der Waals surface area contributed by atoms with Crippen molar-refractivity contribution in [3.63, 3.8) is 0 Å². The molecule has 2 unspecified atom stereocenters. The minimum Gasteiger partial charge on any atom is -0.396 e. The van der Waals surface area contributed by atoms with E-state index in [9.17, 15) is 4.79 Å². The van der Waals surface area contributed by atoms with E-state index in [0.29, 0.717) is 24.3 Å². The molecule has 6 heteroatoms. The van der Waals surface area contributed by atoms with Crippen molar-refractivity contribution in [2.45, 2.75) is 36.3 Å². The van der Waals surface area contributed by atoms with Crippen LogP contribution in [0.1, 0.15) is 24.8 Å². The number of hydrogen-bond donors (Lipinski definition) is 3. The molecule has 1 aromatic rings. The predicted molar refractivity (Wildman–Crippen MR) is 94.3 cm³/mol. The Morgan fingerprint density at radius 2 is 2.19 bits per heavy atom. The second kappa shape index (κ2) is 10.4. The van der Waals surface area contributed by atoms with Crippen LogP contribution in [0.2, 0.25) is 5.02 Å². The minimum absolute atomic E-state index is 0.0145. The fourth-order valence-electron chi connectivity index (χ4n) is 1.97. The van der Waals surface area contributed by atoms with Crippen LogP contribution in [0, 0.1) is 0 Å². The van der Waals surface area contributed by atoms with Crippen LogP contribution in [0.25, 0.3) is 0 Å². The number of thiol groups is 1. The van der Waals surface area contributed by atoms with Gasteiger partial charge in [-0.2, -0.15) is 12.6 Å². The lowest BCUT2D eigenvalue weighted by atomic mass is 10.1. The van der Waals surface area contributed by atoms with Gasteiger partial charge < -0.3 is 10.4 Å². The van der Waals surface area contributed by atoms with Crippen molar-refractivity contribution in [1.82, 2.24) is 5.32 Å². The third-order valence-corrected chi connectivity index (χ3v) is 4.72. The molecular formula is C15H22ClNO2S2. The molecule has 0 saturated heterocycles. The molecule has 2 atom stereocenters. The van der Waals surface area contributed by atoms with Crippen LogP contribution in [0.15, 0.2) is 24.3 Å². The number of aliphatic hydroxyl groups excluding tert-OH is 1. The average molecular weight is 348 g/mol. The van der Waals surface area contributed by atoms with E-state index < -0.39 is 0 Å². The zero-order chi connectivity index (χ0) is 15.7. The summed E-state index contributed by atoms with van der Waals surface area (Å²) < 4.78 is 0. The third-order valence-electron chi connectivity index (χ3n) is 3.07. The summed E-state index contributed by atoms with van der Waals surface area (Å²) in [6.07, 6.45) is 4.42. The average Bonchev–Trinajstić information content (AvgIpc) is 2.45. The van der Waals surface area contributed by atoms with E-state index in [1.165, 1.54) is 0 Å². The fraction of sp³-hybridized carbons (Fsp3) is 0.533. The zero-order valence-corrected chi connectivity index (χ0v) is 14.6. The standard InChI is InChI=1S/C15H22ClNO2S2/c1-21-15(7-4-8-18)17-14(19)10-12(20)9-11-5-2-3-6-13(11)16/h2-3,5-6,12,15,18,20H,4,7-10H2,1H3,(H,17,19). The first kappa shape index (κ1) is 18.7. The van der Waals surface area contributed by atoms with Crippen LogP contribution < -0.4 is 5.32 Å². The normalized spacial score (nSPS) is 13.7. The quantitative estimate of drug-likeness (QED) is 0.475. The van der Waals surface area contributed by atoms with Gasteiger partial charge >= 0.3 is 0 Å². The minimum atomic E-state index is -0.0646. The van der Waals surface area contributed by atoms with Crippen molar-refractivity contribution in [2.75, 3.05) is 12.9 Å². The zero-order valence-electron chi connectivity index (χ0n) is 12.1. The largest absolute Gasteiger partial charge is 0.396 e. The number of carbonyl (C=O) groups is 1. The second-order valence-corrected chi connectivity index (χ2v) is 6.99. The van der Waals surface area contributed by atoms with Gasteiger partial charge in [0, 0.05) is 23.3 Å². The van der Waals surface area contributed by atoms with Crippen molar-refractivity contribution in [1.29, 1.82) is 0 Å². The maximum absolute atomic E-state index is 12.0. The van der Waals surface area contributed by atoms with Crippen molar-refractivity contribution in [2.24, 2.45) is 0 Å². The lowest BCUT2D eigenvalue weighted by Gasteiger charge is -2.18. The molecule has 1 aromatic carbocycles. The molecule has 3 nitrogen and oxygen atoms in total. The summed E-state index contributed by atoms with van der Waals surface area (Å²) in [4.78, 5) is 12.0. The van der Waals surface area contributed by atoms with Gasteiger partial charge in [0.2, 0.25) is 5.91 Å². The number of halogens is 1. The van der Waals surface area contributed by atoms with E-state index in [-0.39, 0.29) is 23.1 Å². The fourth-order valence-corrected chi connectivity index (χ4v) is 3.20. The number of carbonyl (C=O) groups excluding carboxylic acids is 1. The number of aliphatic hydroxyl groups is 1. The SMILES string of the molecule is CSC(CCCO)NC(=O)CC(S)Cc1ccccc1Cl. The number of hydrogen-bond acceptors (Lipinski definition) is 4. The van der Waals surface area contributed by atoms with Crippen LogP contribution in [0.4, 0.5) is 0 Å². The van der Waals surface area contributed by atoms with E-state index in [1.54, 1.807) is 11.8 Å². The highest BCUT2D eigenvalue weighted by Crippen LogP contribution is 2.20. The Morgan fingerprint density at radius 1 is 1.48 bits per heavy atom. The first-order valence-electron chi connectivity index (χ1n) is 6.91. The first-order chi connectivity index (χ1) is 10.1. The molecule has 1 amide bonds. The van der Waals surface area contributed by atoms with Gasteiger partial charge in [0.25, 0.3) is 0 Å². The molecular weight excluding hydrogens is 326 g/mol. The van der Waals surface area contributed by atoms with Crippen molar-refractivity contribution < 1.29 is 9.90 Å². The van der Waals surface area contributed by atoms with Gasteiger partial charge in [-0.3, -0.25) is 4.79 Å². The second-order valence-electron chi connectivity index (χ2n) is 4.81. The van der Waals surface area contributed by atoms with E-state index in [4.69, 9.17) is 16.7 Å². The molecule has 0 fully saturated rings. The molecule has 0 aliphatic heterocycles. The molecule has 0 aliphatic carbocycles. The van der Waals surface area contributed by atoms with Gasteiger partial charge in [0.15, 0.2) is 0 Å². The Kier molecular flexibility index (Phi) is 9.24. The van der Waals surface area contributed by atoms with Gasteiger partial charge in [-0.15, -0.1) is 11.8 Å². The molecule has 2 N–H and O–H groups in total. The Balaban J connectivity index is 2.41. The van der Waals surface area contributed by atoms with Gasteiger partial charge in [0.1, 0.15) is 0 Å². The first-order valence-corrected chi connectivity index (χ1v) is 9.09. The van der Waals surface area contributed by atoms with Gasteiger partial charge in [0.05, 0.1) is 5.37 Å². The number of thioether (sulfide) groups is 1. The molecule has 21 heavy (non-hydrogen) atoms. The van der Waals surface area contributed by atoms with E-state index in [0.717, 1.165) is 12.0 Å². The predicted octanol–water partition coefficient (Wildman–Crippen LogP) is 3.15. The monoisotopic (exact) mass is 347 g/mol. The summed E-state index contributed by atoms with van der Waals surface area (Å²) in [6.45, 7) is 0.147. The van der Waals surface area contributed by atoms with Crippen LogP contribution >= 0.6 is 36.0 Å². The molecule has 0 bridgehead atoms. The Bertz CT molecular complexity index is 445. The lowest BCUT2D eigenvalue weighted by molar-refractivity contribution is -0.121. The molecule has 0 saturated carbocycles. The number of benzene rings is 1. The van der Waals surface area contributed by atoms with Gasteiger partial charge in [-0.05, 0) is 37.1 Å². The van der Waals surface area contributed by atoms with Crippen LogP contribution in [0.5, 0.6) is 0 Å². The molecule has 0 aliphatic rings.